The number of benzene rings is 7. The highest BCUT2D eigenvalue weighted by Gasteiger charge is 2.43. The minimum atomic E-state index is 0.164. The molecule has 0 amide bonds. The molecule has 11 rings (SSSR count). The average Bonchev–Trinajstić information content (AvgIpc) is 3.76. The maximum absolute atomic E-state index is 6.14. The molecular weight excluding hydrogens is 671 g/mol. The Labute approximate surface area is 320 Å². The van der Waals surface area contributed by atoms with Crippen LogP contribution in [0.4, 0.5) is 0 Å². The van der Waals surface area contributed by atoms with Crippen molar-refractivity contribution in [2.24, 2.45) is 0 Å². The third kappa shape index (κ3) is 5.32. The minimum Gasteiger partial charge on any atom is -0.456 e. The van der Waals surface area contributed by atoms with Gasteiger partial charge in [-0.25, -0.2) is 15.0 Å². The predicted molar refractivity (Wildman–Crippen MR) is 224 cm³/mol. The number of nitrogens with zero attached hydrogens (tertiary/aromatic N) is 3. The molecule has 1 fully saturated rings. The van der Waals surface area contributed by atoms with Gasteiger partial charge in [0.25, 0.3) is 0 Å². The van der Waals surface area contributed by atoms with E-state index in [1.54, 1.807) is 0 Å². The monoisotopic (exact) mass is 707 g/mol. The van der Waals surface area contributed by atoms with Crippen molar-refractivity contribution >= 4 is 21.9 Å². The van der Waals surface area contributed by atoms with Crippen LogP contribution < -0.4 is 0 Å². The zero-order chi connectivity index (χ0) is 36.3. The molecule has 2 aromatic heterocycles. The first-order valence-corrected chi connectivity index (χ1v) is 19.4. The standard InChI is InChI=1S/C51H37N3O/c1-3-11-33(12-4-1)34-17-21-36(22-18-34)48-52-49(54-50(53-48)39-26-28-47-43(32-39)41-14-6-8-16-46(41)55-47)37-23-19-35(20-24-37)38-25-27-45-42(31-38)40-13-5-7-15-44(40)51(45)29-9-2-10-30-51/h1,3-8,11-28,31-32H,2,9-10,29-30H2. The zero-order valence-corrected chi connectivity index (χ0v) is 30.4. The first-order valence-electron chi connectivity index (χ1n) is 19.4. The number of hydrogen-bond acceptors (Lipinski definition) is 4. The molecule has 0 aliphatic heterocycles. The Bertz CT molecular complexity index is 2880. The van der Waals surface area contributed by atoms with Crippen LogP contribution in [0.2, 0.25) is 0 Å². The van der Waals surface area contributed by atoms with E-state index in [2.05, 4.69) is 127 Å². The van der Waals surface area contributed by atoms with Gasteiger partial charge in [0.15, 0.2) is 17.5 Å². The molecule has 0 saturated heterocycles. The second-order valence-electron chi connectivity index (χ2n) is 15.1. The van der Waals surface area contributed by atoms with Crippen LogP contribution in [0.15, 0.2) is 168 Å². The molecule has 2 heterocycles. The van der Waals surface area contributed by atoms with Crippen LogP contribution in [0.5, 0.6) is 0 Å². The fraction of sp³-hybridized carbons (Fsp3) is 0.118. The molecule has 4 nitrogen and oxygen atoms in total. The molecule has 0 atom stereocenters. The average molecular weight is 708 g/mol. The number of fused-ring (bicyclic) bond motifs is 8. The van der Waals surface area contributed by atoms with E-state index in [0.29, 0.717) is 17.5 Å². The normalized spacial score (nSPS) is 14.3. The van der Waals surface area contributed by atoms with Gasteiger partial charge < -0.3 is 4.42 Å². The molecule has 0 unspecified atom stereocenters. The van der Waals surface area contributed by atoms with Gasteiger partial charge in [0.1, 0.15) is 11.2 Å². The second kappa shape index (κ2) is 12.7. The van der Waals surface area contributed by atoms with Crippen molar-refractivity contribution < 1.29 is 4.42 Å². The van der Waals surface area contributed by atoms with Gasteiger partial charge in [-0.3, -0.25) is 0 Å². The second-order valence-corrected chi connectivity index (χ2v) is 15.1. The quantitative estimate of drug-likeness (QED) is 0.179. The molecule has 262 valence electrons. The third-order valence-electron chi connectivity index (χ3n) is 12.0. The number of furan rings is 1. The van der Waals surface area contributed by atoms with E-state index < -0.39 is 0 Å². The first kappa shape index (κ1) is 31.8. The van der Waals surface area contributed by atoms with Gasteiger partial charge in [0.05, 0.1) is 0 Å². The molecule has 1 spiro atoms. The predicted octanol–water partition coefficient (Wildman–Crippen LogP) is 13.3. The summed E-state index contributed by atoms with van der Waals surface area (Å²) in [6.45, 7) is 0. The Morgan fingerprint density at radius 1 is 0.364 bits per heavy atom. The highest BCUT2D eigenvalue weighted by atomic mass is 16.3. The number of hydrogen-bond donors (Lipinski definition) is 0. The molecule has 2 aliphatic carbocycles. The zero-order valence-electron chi connectivity index (χ0n) is 30.4. The van der Waals surface area contributed by atoms with Gasteiger partial charge >= 0.3 is 0 Å². The summed E-state index contributed by atoms with van der Waals surface area (Å²) in [4.78, 5) is 15.3. The Morgan fingerprint density at radius 3 is 1.64 bits per heavy atom. The van der Waals surface area contributed by atoms with E-state index in [1.165, 1.54) is 71.0 Å². The molecule has 4 heteroatoms. The molecule has 9 aromatic rings. The van der Waals surface area contributed by atoms with E-state index in [1.807, 2.05) is 36.4 Å². The van der Waals surface area contributed by atoms with Gasteiger partial charge in [-0.15, -0.1) is 0 Å². The lowest BCUT2D eigenvalue weighted by Gasteiger charge is -2.36. The van der Waals surface area contributed by atoms with Crippen molar-refractivity contribution in [2.75, 3.05) is 0 Å². The summed E-state index contributed by atoms with van der Waals surface area (Å²) in [5, 5.41) is 2.12. The third-order valence-corrected chi connectivity index (χ3v) is 12.0. The topological polar surface area (TPSA) is 51.8 Å². The number of rotatable bonds is 5. The molecule has 2 aliphatic rings. The molecule has 0 N–H and O–H groups in total. The van der Waals surface area contributed by atoms with Crippen molar-refractivity contribution in [1.82, 2.24) is 15.0 Å². The number of aromatic nitrogens is 3. The SMILES string of the molecule is c1ccc(-c2ccc(-c3nc(-c4ccc(-c5ccc6c(c5)-c5ccccc5C65CCCCC5)cc4)nc(-c4ccc5oc6ccccc6c5c4)n3)cc2)cc1. The summed E-state index contributed by atoms with van der Waals surface area (Å²) in [7, 11) is 0. The molecule has 7 aromatic carbocycles. The van der Waals surface area contributed by atoms with E-state index in [-0.39, 0.29) is 5.41 Å². The lowest BCUT2D eigenvalue weighted by molar-refractivity contribution is 0.353. The van der Waals surface area contributed by atoms with Crippen LogP contribution in [0.25, 0.3) is 89.5 Å². The van der Waals surface area contributed by atoms with E-state index in [4.69, 9.17) is 19.4 Å². The summed E-state index contributed by atoms with van der Waals surface area (Å²) in [5.41, 5.74) is 15.2. The fourth-order valence-corrected chi connectivity index (χ4v) is 9.22. The minimum absolute atomic E-state index is 0.164. The lowest BCUT2D eigenvalue weighted by atomic mass is 9.68. The van der Waals surface area contributed by atoms with Crippen LogP contribution in [0.1, 0.15) is 43.2 Å². The van der Waals surface area contributed by atoms with Crippen LogP contribution in [0.3, 0.4) is 0 Å². The van der Waals surface area contributed by atoms with Gasteiger partial charge in [0, 0.05) is 32.9 Å². The Hall–Kier alpha value is -6.65. The molecule has 0 radical (unpaired) electrons. The van der Waals surface area contributed by atoms with Crippen molar-refractivity contribution in [3.63, 3.8) is 0 Å². The van der Waals surface area contributed by atoms with Gasteiger partial charge in [-0.1, -0.05) is 153 Å². The number of para-hydroxylation sites is 1. The molecule has 55 heavy (non-hydrogen) atoms. The summed E-state index contributed by atoms with van der Waals surface area (Å²) < 4.78 is 6.14. The molecular formula is C51H37N3O. The maximum atomic E-state index is 6.14. The largest absolute Gasteiger partial charge is 0.456 e. The van der Waals surface area contributed by atoms with Crippen LogP contribution >= 0.6 is 0 Å². The van der Waals surface area contributed by atoms with Crippen molar-refractivity contribution in [1.29, 1.82) is 0 Å². The van der Waals surface area contributed by atoms with Crippen molar-refractivity contribution in [3.05, 3.63) is 175 Å². The Kier molecular flexibility index (Phi) is 7.38. The Morgan fingerprint density at radius 2 is 0.891 bits per heavy atom. The fourth-order valence-electron chi connectivity index (χ4n) is 9.22. The van der Waals surface area contributed by atoms with Gasteiger partial charge in [-0.2, -0.15) is 0 Å². The Balaban J connectivity index is 0.990. The van der Waals surface area contributed by atoms with Crippen molar-refractivity contribution in [3.8, 4) is 67.5 Å². The van der Waals surface area contributed by atoms with E-state index >= 15 is 0 Å². The lowest BCUT2D eigenvalue weighted by Crippen LogP contribution is -2.27. The molecule has 1 saturated carbocycles. The highest BCUT2D eigenvalue weighted by Crippen LogP contribution is 2.56. The summed E-state index contributed by atoms with van der Waals surface area (Å²) >= 11 is 0. The van der Waals surface area contributed by atoms with E-state index in [0.717, 1.165) is 44.2 Å². The van der Waals surface area contributed by atoms with Crippen LogP contribution in [0, 0.1) is 0 Å². The van der Waals surface area contributed by atoms with Gasteiger partial charge in [-0.05, 0) is 87.7 Å². The van der Waals surface area contributed by atoms with Crippen LogP contribution in [-0.4, -0.2) is 15.0 Å². The molecule has 0 bridgehead atoms. The summed E-state index contributed by atoms with van der Waals surface area (Å²) in [6.07, 6.45) is 6.41. The van der Waals surface area contributed by atoms with E-state index in [9.17, 15) is 0 Å². The van der Waals surface area contributed by atoms with Gasteiger partial charge in [0.2, 0.25) is 0 Å². The summed E-state index contributed by atoms with van der Waals surface area (Å²) in [6, 6.07) is 58.2. The van der Waals surface area contributed by atoms with Crippen molar-refractivity contribution in [2.45, 2.75) is 37.5 Å². The summed E-state index contributed by atoms with van der Waals surface area (Å²) in [5.74, 6) is 1.89. The maximum Gasteiger partial charge on any atom is 0.164 e. The highest BCUT2D eigenvalue weighted by molar-refractivity contribution is 6.06. The first-order chi connectivity index (χ1) is 27.2. The smallest absolute Gasteiger partial charge is 0.164 e. The van der Waals surface area contributed by atoms with Crippen LogP contribution in [-0.2, 0) is 5.41 Å².